The molecule has 0 atom stereocenters. The van der Waals surface area contributed by atoms with Gasteiger partial charge in [0.25, 0.3) is 0 Å². The highest BCUT2D eigenvalue weighted by atomic mass is 16.2. The maximum atomic E-state index is 11.5. The molecule has 1 rings (SSSR count). The molecule has 1 amide bonds. The number of hydrazine groups is 1. The van der Waals surface area contributed by atoms with Crippen LogP contribution in [-0.4, -0.2) is 24.0 Å². The molecule has 0 bridgehead atoms. The standard InChI is InChI=1S/C10H20N2O/c1-2-3-8-11-12-9-6-4-5-7-10(12)13/h11H,2-9H2,1H3. The van der Waals surface area contributed by atoms with Crippen LogP contribution in [0.2, 0.25) is 0 Å². The van der Waals surface area contributed by atoms with Crippen LogP contribution in [0.25, 0.3) is 0 Å². The highest BCUT2D eigenvalue weighted by molar-refractivity contribution is 5.75. The Morgan fingerprint density at radius 3 is 3.00 bits per heavy atom. The van der Waals surface area contributed by atoms with E-state index in [1.54, 1.807) is 0 Å². The minimum Gasteiger partial charge on any atom is -0.278 e. The molecule has 1 aliphatic rings. The summed E-state index contributed by atoms with van der Waals surface area (Å²) in [6, 6.07) is 0. The van der Waals surface area contributed by atoms with Crippen molar-refractivity contribution in [2.75, 3.05) is 13.1 Å². The Balaban J connectivity index is 2.24. The van der Waals surface area contributed by atoms with E-state index in [2.05, 4.69) is 12.3 Å². The zero-order valence-corrected chi connectivity index (χ0v) is 8.51. The molecule has 1 fully saturated rings. The number of hydrogen-bond acceptors (Lipinski definition) is 2. The Bertz CT molecular complexity index is 159. The normalized spacial score (nSPS) is 18.8. The van der Waals surface area contributed by atoms with Crippen LogP contribution < -0.4 is 5.43 Å². The third-order valence-electron chi connectivity index (χ3n) is 2.41. The van der Waals surface area contributed by atoms with E-state index in [4.69, 9.17) is 0 Å². The van der Waals surface area contributed by atoms with Gasteiger partial charge in [-0.15, -0.1) is 0 Å². The van der Waals surface area contributed by atoms with Crippen molar-refractivity contribution in [2.24, 2.45) is 0 Å². The summed E-state index contributed by atoms with van der Waals surface area (Å²) < 4.78 is 0. The average molecular weight is 184 g/mol. The van der Waals surface area contributed by atoms with Crippen molar-refractivity contribution < 1.29 is 4.79 Å². The summed E-state index contributed by atoms with van der Waals surface area (Å²) in [4.78, 5) is 11.5. The third kappa shape index (κ3) is 3.77. The van der Waals surface area contributed by atoms with Crippen molar-refractivity contribution in [1.82, 2.24) is 10.4 Å². The highest BCUT2D eigenvalue weighted by Gasteiger charge is 2.15. The van der Waals surface area contributed by atoms with Gasteiger partial charge in [0, 0.05) is 19.5 Å². The first-order valence-electron chi connectivity index (χ1n) is 5.38. The SMILES string of the molecule is CCCCNN1CCCCCC1=O. The molecule has 1 aliphatic heterocycles. The minimum absolute atomic E-state index is 0.272. The lowest BCUT2D eigenvalue weighted by Crippen LogP contribution is -2.42. The molecule has 1 N–H and O–H groups in total. The molecular formula is C10H20N2O. The number of unbranched alkanes of at least 4 members (excludes halogenated alkanes) is 1. The van der Waals surface area contributed by atoms with Crippen molar-refractivity contribution in [3.05, 3.63) is 0 Å². The van der Waals surface area contributed by atoms with E-state index >= 15 is 0 Å². The van der Waals surface area contributed by atoms with Crippen molar-refractivity contribution in [1.29, 1.82) is 0 Å². The molecule has 0 aliphatic carbocycles. The van der Waals surface area contributed by atoms with Crippen LogP contribution in [0.5, 0.6) is 0 Å². The quantitative estimate of drug-likeness (QED) is 0.674. The Morgan fingerprint density at radius 2 is 2.23 bits per heavy atom. The minimum atomic E-state index is 0.272. The summed E-state index contributed by atoms with van der Waals surface area (Å²) in [7, 11) is 0. The van der Waals surface area contributed by atoms with Gasteiger partial charge in [-0.1, -0.05) is 19.8 Å². The smallest absolute Gasteiger partial charge is 0.236 e. The first kappa shape index (κ1) is 10.5. The second-order valence-corrected chi connectivity index (χ2v) is 3.62. The maximum absolute atomic E-state index is 11.5. The van der Waals surface area contributed by atoms with Gasteiger partial charge in [-0.3, -0.25) is 9.80 Å². The van der Waals surface area contributed by atoms with Gasteiger partial charge in [0.05, 0.1) is 0 Å². The zero-order valence-electron chi connectivity index (χ0n) is 8.51. The highest BCUT2D eigenvalue weighted by Crippen LogP contribution is 2.08. The van der Waals surface area contributed by atoms with E-state index in [-0.39, 0.29) is 5.91 Å². The largest absolute Gasteiger partial charge is 0.278 e. The Morgan fingerprint density at radius 1 is 1.38 bits per heavy atom. The van der Waals surface area contributed by atoms with Gasteiger partial charge in [0.15, 0.2) is 0 Å². The molecule has 0 aromatic rings. The van der Waals surface area contributed by atoms with Crippen LogP contribution in [0.4, 0.5) is 0 Å². The molecule has 0 saturated carbocycles. The third-order valence-corrected chi connectivity index (χ3v) is 2.41. The fraction of sp³-hybridized carbons (Fsp3) is 0.900. The molecule has 0 aromatic heterocycles. The Kier molecular flexibility index (Phi) is 4.83. The Hall–Kier alpha value is -0.570. The van der Waals surface area contributed by atoms with Gasteiger partial charge in [0.2, 0.25) is 5.91 Å². The van der Waals surface area contributed by atoms with Crippen molar-refractivity contribution in [3.8, 4) is 0 Å². The summed E-state index contributed by atoms with van der Waals surface area (Å²) in [6.45, 7) is 3.98. The van der Waals surface area contributed by atoms with E-state index in [9.17, 15) is 4.79 Å². The number of hydrogen-bond donors (Lipinski definition) is 1. The van der Waals surface area contributed by atoms with Gasteiger partial charge in [-0.25, -0.2) is 5.43 Å². The fourth-order valence-electron chi connectivity index (χ4n) is 1.54. The van der Waals surface area contributed by atoms with E-state index < -0.39 is 0 Å². The van der Waals surface area contributed by atoms with Crippen LogP contribution in [0.1, 0.15) is 45.4 Å². The molecule has 0 unspecified atom stereocenters. The van der Waals surface area contributed by atoms with Crippen molar-refractivity contribution in [2.45, 2.75) is 45.4 Å². The number of carbonyl (C=O) groups is 1. The van der Waals surface area contributed by atoms with Crippen LogP contribution in [0.15, 0.2) is 0 Å². The summed E-state index contributed by atoms with van der Waals surface area (Å²) in [5, 5.41) is 1.81. The molecule has 0 aromatic carbocycles. The number of carbonyl (C=O) groups excluding carboxylic acids is 1. The first-order valence-corrected chi connectivity index (χ1v) is 5.38. The average Bonchev–Trinajstić information content (AvgIpc) is 2.32. The predicted molar refractivity (Wildman–Crippen MR) is 53.1 cm³/mol. The lowest BCUT2D eigenvalue weighted by Gasteiger charge is -2.21. The second kappa shape index (κ2) is 5.97. The maximum Gasteiger partial charge on any atom is 0.236 e. The monoisotopic (exact) mass is 184 g/mol. The van der Waals surface area contributed by atoms with E-state index in [1.807, 2.05) is 5.01 Å². The van der Waals surface area contributed by atoms with Crippen LogP contribution in [0, 0.1) is 0 Å². The van der Waals surface area contributed by atoms with E-state index in [0.717, 1.165) is 38.8 Å². The number of nitrogens with one attached hydrogen (secondary N) is 1. The van der Waals surface area contributed by atoms with E-state index in [0.29, 0.717) is 0 Å². The molecule has 0 spiro atoms. The van der Waals surface area contributed by atoms with Gasteiger partial charge in [0.1, 0.15) is 0 Å². The molecular weight excluding hydrogens is 164 g/mol. The van der Waals surface area contributed by atoms with Crippen molar-refractivity contribution >= 4 is 5.91 Å². The lowest BCUT2D eigenvalue weighted by molar-refractivity contribution is -0.133. The first-order chi connectivity index (χ1) is 6.34. The Labute approximate surface area is 80.5 Å². The van der Waals surface area contributed by atoms with Crippen LogP contribution in [0.3, 0.4) is 0 Å². The van der Waals surface area contributed by atoms with Gasteiger partial charge >= 0.3 is 0 Å². The van der Waals surface area contributed by atoms with Gasteiger partial charge in [-0.2, -0.15) is 0 Å². The lowest BCUT2D eigenvalue weighted by atomic mass is 10.2. The molecule has 0 radical (unpaired) electrons. The molecule has 3 nitrogen and oxygen atoms in total. The number of amides is 1. The summed E-state index contributed by atoms with van der Waals surface area (Å²) >= 11 is 0. The molecule has 1 heterocycles. The molecule has 3 heteroatoms. The van der Waals surface area contributed by atoms with Crippen molar-refractivity contribution in [3.63, 3.8) is 0 Å². The molecule has 76 valence electrons. The summed E-state index contributed by atoms with van der Waals surface area (Å²) in [5.41, 5.74) is 3.20. The molecule has 1 saturated heterocycles. The molecule has 13 heavy (non-hydrogen) atoms. The van der Waals surface area contributed by atoms with Crippen LogP contribution in [-0.2, 0) is 4.79 Å². The number of rotatable bonds is 4. The second-order valence-electron chi connectivity index (χ2n) is 3.62. The summed E-state index contributed by atoms with van der Waals surface area (Å²) in [5.74, 6) is 0.272. The van der Waals surface area contributed by atoms with Gasteiger partial charge in [-0.05, 0) is 19.3 Å². The topological polar surface area (TPSA) is 32.3 Å². The fourth-order valence-corrected chi connectivity index (χ4v) is 1.54. The van der Waals surface area contributed by atoms with Crippen LogP contribution >= 0.6 is 0 Å². The van der Waals surface area contributed by atoms with E-state index in [1.165, 1.54) is 12.8 Å². The summed E-state index contributed by atoms with van der Waals surface area (Å²) in [6.07, 6.45) is 6.44. The predicted octanol–water partition coefficient (Wildman–Crippen LogP) is 1.69. The zero-order chi connectivity index (χ0) is 9.52. The van der Waals surface area contributed by atoms with Gasteiger partial charge < -0.3 is 0 Å². The number of nitrogens with zero attached hydrogens (tertiary/aromatic N) is 1.